The average Bonchev–Trinajstić information content (AvgIpc) is 2.81. The maximum atomic E-state index is 10.2. The standard InChI is InChI=1S/C25H22Cl3N3O/c26-20-7-5-18(6-8-20)24-15-30(25(16-32)19-3-1-17(14-29)2-4-19)11-12-31(24)23-10-9-21(27)13-22(23)28/h1-10,13,24-25,32H,11-12,15-16H2. The number of nitrogens with zero attached hydrogens (tertiary/aromatic N) is 3. The molecule has 1 aliphatic rings. The highest BCUT2D eigenvalue weighted by atomic mass is 35.5. The van der Waals surface area contributed by atoms with Gasteiger partial charge in [-0.2, -0.15) is 5.26 Å². The number of aliphatic hydroxyl groups is 1. The summed E-state index contributed by atoms with van der Waals surface area (Å²) in [4.78, 5) is 4.56. The van der Waals surface area contributed by atoms with Crippen molar-refractivity contribution in [3.8, 4) is 6.07 Å². The van der Waals surface area contributed by atoms with Gasteiger partial charge in [-0.05, 0) is 53.6 Å². The van der Waals surface area contributed by atoms with Gasteiger partial charge in [0.25, 0.3) is 0 Å². The Morgan fingerprint density at radius 1 is 0.938 bits per heavy atom. The predicted molar refractivity (Wildman–Crippen MR) is 131 cm³/mol. The van der Waals surface area contributed by atoms with E-state index in [0.717, 1.165) is 29.9 Å². The average molecular weight is 487 g/mol. The van der Waals surface area contributed by atoms with Crippen LogP contribution in [-0.4, -0.2) is 36.2 Å². The molecule has 1 heterocycles. The zero-order valence-electron chi connectivity index (χ0n) is 17.3. The van der Waals surface area contributed by atoms with Crippen LogP contribution in [0.25, 0.3) is 0 Å². The number of hydrogen-bond donors (Lipinski definition) is 1. The van der Waals surface area contributed by atoms with Crippen molar-refractivity contribution < 1.29 is 5.11 Å². The van der Waals surface area contributed by atoms with E-state index in [4.69, 9.17) is 40.1 Å². The molecule has 1 saturated heterocycles. The SMILES string of the molecule is N#Cc1ccc(C(CO)N2CCN(c3ccc(Cl)cc3Cl)C(c3ccc(Cl)cc3)C2)cc1. The molecule has 0 radical (unpaired) electrons. The Morgan fingerprint density at radius 3 is 2.25 bits per heavy atom. The predicted octanol–water partition coefficient (Wildman–Crippen LogP) is 6.12. The lowest BCUT2D eigenvalue weighted by Crippen LogP contribution is -2.50. The highest BCUT2D eigenvalue weighted by Gasteiger charge is 2.33. The summed E-state index contributed by atoms with van der Waals surface area (Å²) in [7, 11) is 0. The first-order valence-electron chi connectivity index (χ1n) is 10.3. The molecule has 32 heavy (non-hydrogen) atoms. The highest BCUT2D eigenvalue weighted by Crippen LogP contribution is 2.38. The topological polar surface area (TPSA) is 50.5 Å². The summed E-state index contributed by atoms with van der Waals surface area (Å²) < 4.78 is 0. The van der Waals surface area contributed by atoms with Crippen molar-refractivity contribution in [3.05, 3.63) is 98.5 Å². The molecule has 0 bridgehead atoms. The molecule has 0 spiro atoms. The molecule has 1 aliphatic heterocycles. The van der Waals surface area contributed by atoms with Crippen molar-refractivity contribution in [3.63, 3.8) is 0 Å². The molecule has 0 aromatic heterocycles. The molecule has 0 saturated carbocycles. The summed E-state index contributed by atoms with van der Waals surface area (Å²) >= 11 is 18.8. The minimum atomic E-state index is -0.166. The van der Waals surface area contributed by atoms with E-state index < -0.39 is 0 Å². The van der Waals surface area contributed by atoms with Gasteiger partial charge in [-0.3, -0.25) is 4.90 Å². The van der Waals surface area contributed by atoms with E-state index in [1.54, 1.807) is 18.2 Å². The van der Waals surface area contributed by atoms with Crippen LogP contribution in [0.2, 0.25) is 15.1 Å². The Balaban J connectivity index is 1.67. The minimum absolute atomic E-state index is 0.00660. The largest absolute Gasteiger partial charge is 0.394 e. The second-order valence-corrected chi connectivity index (χ2v) is 9.06. The van der Waals surface area contributed by atoms with E-state index in [2.05, 4.69) is 15.9 Å². The summed E-state index contributed by atoms with van der Waals surface area (Å²) in [5.41, 5.74) is 3.63. The maximum Gasteiger partial charge on any atom is 0.0991 e. The quantitative estimate of drug-likeness (QED) is 0.472. The summed E-state index contributed by atoms with van der Waals surface area (Å²) in [5, 5.41) is 21.2. The number of rotatable bonds is 5. The normalized spacial score (nSPS) is 17.7. The smallest absolute Gasteiger partial charge is 0.0991 e. The van der Waals surface area contributed by atoms with E-state index in [9.17, 15) is 5.11 Å². The third-order valence-electron chi connectivity index (χ3n) is 5.92. The van der Waals surface area contributed by atoms with Gasteiger partial charge < -0.3 is 10.0 Å². The van der Waals surface area contributed by atoms with Gasteiger partial charge in [-0.1, -0.05) is 59.1 Å². The van der Waals surface area contributed by atoms with E-state index >= 15 is 0 Å². The van der Waals surface area contributed by atoms with Gasteiger partial charge in [-0.25, -0.2) is 0 Å². The number of piperazine rings is 1. The summed E-state index contributed by atoms with van der Waals surface area (Å²) in [6.45, 7) is 2.14. The van der Waals surface area contributed by atoms with Crippen LogP contribution >= 0.6 is 34.8 Å². The molecule has 0 aliphatic carbocycles. The van der Waals surface area contributed by atoms with Crippen molar-refractivity contribution in [2.45, 2.75) is 12.1 Å². The maximum absolute atomic E-state index is 10.2. The lowest BCUT2D eigenvalue weighted by atomic mass is 9.97. The fourth-order valence-electron chi connectivity index (χ4n) is 4.27. The fourth-order valence-corrected chi connectivity index (χ4v) is 4.91. The lowest BCUT2D eigenvalue weighted by Gasteiger charge is -2.46. The number of halogens is 3. The van der Waals surface area contributed by atoms with Gasteiger partial charge in [-0.15, -0.1) is 0 Å². The molecule has 0 amide bonds. The number of aliphatic hydroxyl groups excluding tert-OH is 1. The molecule has 164 valence electrons. The van der Waals surface area contributed by atoms with Crippen LogP contribution in [-0.2, 0) is 0 Å². The molecule has 2 atom stereocenters. The van der Waals surface area contributed by atoms with Gasteiger partial charge in [0, 0.05) is 29.7 Å². The van der Waals surface area contributed by atoms with Crippen LogP contribution in [0.5, 0.6) is 0 Å². The van der Waals surface area contributed by atoms with Gasteiger partial charge >= 0.3 is 0 Å². The van der Waals surface area contributed by atoms with Crippen LogP contribution in [0, 0.1) is 11.3 Å². The van der Waals surface area contributed by atoms with Crippen molar-refractivity contribution >= 4 is 40.5 Å². The third-order valence-corrected chi connectivity index (χ3v) is 6.71. The van der Waals surface area contributed by atoms with Crippen molar-refractivity contribution in [1.82, 2.24) is 4.90 Å². The molecule has 1 N–H and O–H groups in total. The highest BCUT2D eigenvalue weighted by molar-refractivity contribution is 6.36. The molecule has 7 heteroatoms. The van der Waals surface area contributed by atoms with Crippen LogP contribution in [0.15, 0.2) is 66.7 Å². The van der Waals surface area contributed by atoms with Crippen molar-refractivity contribution in [2.24, 2.45) is 0 Å². The summed E-state index contributed by atoms with van der Waals surface area (Å²) in [6.07, 6.45) is 0. The Bertz CT molecular complexity index is 1110. The lowest BCUT2D eigenvalue weighted by molar-refractivity contribution is 0.103. The number of anilines is 1. The first-order chi connectivity index (χ1) is 15.5. The van der Waals surface area contributed by atoms with Gasteiger partial charge in [0.2, 0.25) is 0 Å². The number of benzene rings is 3. The molecule has 4 rings (SSSR count). The van der Waals surface area contributed by atoms with Crippen LogP contribution in [0.4, 0.5) is 5.69 Å². The molecule has 2 unspecified atom stereocenters. The van der Waals surface area contributed by atoms with Crippen LogP contribution < -0.4 is 4.90 Å². The number of nitriles is 1. The number of hydrogen-bond acceptors (Lipinski definition) is 4. The molecular formula is C25H22Cl3N3O. The Hall–Kier alpha value is -2.26. The molecule has 3 aromatic rings. The van der Waals surface area contributed by atoms with E-state index in [0.29, 0.717) is 27.2 Å². The summed E-state index contributed by atoms with van der Waals surface area (Å²) in [5.74, 6) is 0. The summed E-state index contributed by atoms with van der Waals surface area (Å²) in [6, 6.07) is 22.8. The first-order valence-corrected chi connectivity index (χ1v) is 11.5. The van der Waals surface area contributed by atoms with Gasteiger partial charge in [0.05, 0.1) is 41.0 Å². The zero-order chi connectivity index (χ0) is 22.7. The minimum Gasteiger partial charge on any atom is -0.394 e. The second kappa shape index (κ2) is 10.1. The van der Waals surface area contributed by atoms with E-state index in [1.807, 2.05) is 48.5 Å². The zero-order valence-corrected chi connectivity index (χ0v) is 19.5. The fraction of sp³-hybridized carbons (Fsp3) is 0.240. The molecule has 4 nitrogen and oxygen atoms in total. The van der Waals surface area contributed by atoms with Crippen LogP contribution in [0.3, 0.4) is 0 Å². The van der Waals surface area contributed by atoms with Crippen molar-refractivity contribution in [1.29, 1.82) is 5.26 Å². The molecule has 3 aromatic carbocycles. The van der Waals surface area contributed by atoms with Crippen molar-refractivity contribution in [2.75, 3.05) is 31.1 Å². The Labute approximate surface area is 203 Å². The van der Waals surface area contributed by atoms with Gasteiger partial charge in [0.1, 0.15) is 0 Å². The second-order valence-electron chi connectivity index (χ2n) is 7.78. The van der Waals surface area contributed by atoms with Gasteiger partial charge in [0.15, 0.2) is 0 Å². The first kappa shape index (κ1) is 22.9. The molecule has 1 fully saturated rings. The van der Waals surface area contributed by atoms with Crippen LogP contribution in [0.1, 0.15) is 28.8 Å². The van der Waals surface area contributed by atoms with E-state index in [1.165, 1.54) is 0 Å². The van der Waals surface area contributed by atoms with E-state index in [-0.39, 0.29) is 18.7 Å². The Morgan fingerprint density at radius 2 is 1.62 bits per heavy atom. The monoisotopic (exact) mass is 485 g/mol. The molecular weight excluding hydrogens is 465 g/mol. The third kappa shape index (κ3) is 4.88. The Kier molecular flexibility index (Phi) is 7.25.